The molecule has 0 bridgehead atoms. The zero-order valence-corrected chi connectivity index (χ0v) is 21.5. The summed E-state index contributed by atoms with van der Waals surface area (Å²) >= 11 is 3.15. The largest absolute Gasteiger partial charge is 1.00 e. The lowest BCUT2D eigenvalue weighted by Gasteiger charge is -2.04. The van der Waals surface area contributed by atoms with Gasteiger partial charge in [0.1, 0.15) is 12.4 Å². The molecule has 0 aliphatic heterocycles. The molecule has 0 amide bonds. The number of esters is 2. The molecule has 0 saturated carbocycles. The third-order valence-electron chi connectivity index (χ3n) is 5.32. The van der Waals surface area contributed by atoms with E-state index in [1.807, 2.05) is 69.0 Å². The van der Waals surface area contributed by atoms with E-state index in [9.17, 15) is 9.59 Å². The molecular weight excluding hydrogens is 551 g/mol. The van der Waals surface area contributed by atoms with Crippen molar-refractivity contribution >= 4 is 44.5 Å². The van der Waals surface area contributed by atoms with Crippen molar-refractivity contribution in [1.82, 2.24) is 9.13 Å². The molecule has 4 rings (SSSR count). The minimum Gasteiger partial charge on any atom is -1.00 e. The first-order valence-electron chi connectivity index (χ1n) is 9.64. The number of nitrogens with zero attached hydrogens (tertiary/aromatic N) is 4. The maximum atomic E-state index is 12.5. The molecule has 0 fully saturated rings. The van der Waals surface area contributed by atoms with Crippen LogP contribution in [-0.2, 0) is 23.6 Å². The fourth-order valence-corrected chi connectivity index (χ4v) is 5.21. The van der Waals surface area contributed by atoms with Crippen LogP contribution in [0, 0.1) is 13.8 Å². The average molecular weight is 575 g/mol. The zero-order chi connectivity index (χ0) is 21.4. The van der Waals surface area contributed by atoms with Crippen LogP contribution in [-0.4, -0.2) is 34.3 Å². The number of fused-ring (bicyclic) bond motifs is 2. The second-order valence-corrected chi connectivity index (χ2v) is 8.82. The third-order valence-corrected chi connectivity index (χ3v) is 7.20. The number of thiazole rings is 2. The Bertz CT molecular complexity index is 1160. The predicted octanol–water partition coefficient (Wildman–Crippen LogP) is -0.621. The molecule has 0 aliphatic carbocycles. The summed E-state index contributed by atoms with van der Waals surface area (Å²) in [6.07, 6.45) is 4.99. The first kappa shape index (κ1) is 23.7. The van der Waals surface area contributed by atoms with Gasteiger partial charge in [0.15, 0.2) is 11.4 Å². The van der Waals surface area contributed by atoms with Crippen molar-refractivity contribution in [2.75, 3.05) is 13.2 Å². The molecule has 4 aromatic rings. The van der Waals surface area contributed by atoms with Gasteiger partial charge >= 0.3 is 21.9 Å². The van der Waals surface area contributed by atoms with Gasteiger partial charge in [0, 0.05) is 24.6 Å². The van der Waals surface area contributed by atoms with Crippen molar-refractivity contribution in [3.05, 3.63) is 45.9 Å². The van der Waals surface area contributed by atoms with Crippen LogP contribution in [0.2, 0.25) is 0 Å². The summed E-state index contributed by atoms with van der Waals surface area (Å²) in [5.41, 5.74) is 2.85. The molecule has 0 unspecified atom stereocenters. The first-order valence-corrected chi connectivity index (χ1v) is 11.4. The van der Waals surface area contributed by atoms with Gasteiger partial charge in [0.05, 0.1) is 27.3 Å². The van der Waals surface area contributed by atoms with E-state index in [1.165, 1.54) is 0 Å². The van der Waals surface area contributed by atoms with E-state index in [-0.39, 0.29) is 49.1 Å². The second kappa shape index (κ2) is 9.65. The molecule has 0 aliphatic rings. The molecule has 4 aromatic heterocycles. The van der Waals surface area contributed by atoms with Crippen LogP contribution in [0.5, 0.6) is 0 Å². The van der Waals surface area contributed by atoms with E-state index in [2.05, 4.69) is 0 Å². The van der Waals surface area contributed by atoms with E-state index in [0.29, 0.717) is 24.2 Å². The molecule has 166 valence electrons. The van der Waals surface area contributed by atoms with Crippen LogP contribution in [0.1, 0.15) is 45.2 Å². The van der Waals surface area contributed by atoms with Crippen LogP contribution in [0.4, 0.5) is 0 Å². The van der Waals surface area contributed by atoms with Crippen LogP contribution in [0.3, 0.4) is 0 Å². The predicted molar refractivity (Wildman–Crippen MR) is 112 cm³/mol. The highest BCUT2D eigenvalue weighted by molar-refractivity contribution is 7.14. The van der Waals surface area contributed by atoms with Crippen LogP contribution in [0.25, 0.3) is 9.92 Å². The lowest BCUT2D eigenvalue weighted by molar-refractivity contribution is -0.510. The smallest absolute Gasteiger partial charge is 0.383 e. The molecule has 8 nitrogen and oxygen atoms in total. The lowest BCUT2D eigenvalue weighted by Crippen LogP contribution is -3.00. The van der Waals surface area contributed by atoms with Crippen molar-refractivity contribution in [1.29, 1.82) is 0 Å². The van der Waals surface area contributed by atoms with Gasteiger partial charge in [-0.3, -0.25) is 0 Å². The quantitative estimate of drug-likeness (QED) is 0.128. The number of unbranched alkanes of at least 4 members (excludes halogenated alkanes) is 1. The van der Waals surface area contributed by atoms with Crippen molar-refractivity contribution in [2.45, 2.75) is 26.7 Å². The zero-order valence-electron chi connectivity index (χ0n) is 17.8. The Morgan fingerprint density at radius 2 is 1.23 bits per heavy atom. The van der Waals surface area contributed by atoms with Crippen molar-refractivity contribution in [2.24, 2.45) is 14.1 Å². The highest BCUT2D eigenvalue weighted by atomic mass is 127. The van der Waals surface area contributed by atoms with Gasteiger partial charge in [-0.05, 0) is 12.8 Å². The molecule has 0 radical (unpaired) electrons. The monoisotopic (exact) mass is 575 g/mol. The Morgan fingerprint density at radius 3 is 1.61 bits per heavy atom. The van der Waals surface area contributed by atoms with Gasteiger partial charge in [0.2, 0.25) is 0 Å². The van der Waals surface area contributed by atoms with Crippen molar-refractivity contribution in [3.8, 4) is 0 Å². The number of imidazole rings is 2. The van der Waals surface area contributed by atoms with E-state index < -0.39 is 0 Å². The number of halogens is 1. The van der Waals surface area contributed by atoms with Gasteiger partial charge in [-0.15, -0.1) is 0 Å². The molecule has 11 heteroatoms. The Hall–Kier alpha value is -1.99. The number of aryl methyl sites for hydroxylation is 2. The molecule has 0 spiro atoms. The fraction of sp³-hybridized carbons (Fsp3) is 0.400. The summed E-state index contributed by atoms with van der Waals surface area (Å²) in [6.45, 7) is 4.38. The standard InChI is InChI=1S/C20H24N4O4S2.HI/c1-13-15(23-7-11-29-19(23)21(13)3)17(25)27-9-5-6-10-28-18(26)16-14(2)22(4)20-24(16)8-12-30-20;/h7-8,11-12H,5-6,9-10H2,1-4H3;1H/q+2;/p-1. The SMILES string of the molecule is Cc1c(C(=O)OCCCCOC(=O)c2c(C)n(C)c3scc[n+]23)[n+]2ccsc2n1C.[I-]. The Balaban J connectivity index is 0.00000272. The van der Waals surface area contributed by atoms with E-state index in [1.54, 1.807) is 22.7 Å². The number of rotatable bonds is 7. The minimum atomic E-state index is -0.338. The van der Waals surface area contributed by atoms with Gasteiger partial charge in [-0.1, -0.05) is 22.7 Å². The Kier molecular flexibility index (Phi) is 7.37. The molecular formula is C20H24IN4O4S2+. The molecule has 0 aromatic carbocycles. The Labute approximate surface area is 204 Å². The topological polar surface area (TPSA) is 70.7 Å². The summed E-state index contributed by atoms with van der Waals surface area (Å²) in [6, 6.07) is 0. The van der Waals surface area contributed by atoms with E-state index in [4.69, 9.17) is 9.47 Å². The second-order valence-electron chi connectivity index (χ2n) is 7.08. The van der Waals surface area contributed by atoms with E-state index in [0.717, 1.165) is 21.3 Å². The summed E-state index contributed by atoms with van der Waals surface area (Å²) in [5, 5.41) is 3.88. The summed E-state index contributed by atoms with van der Waals surface area (Å²) in [4.78, 5) is 27.0. The van der Waals surface area contributed by atoms with Crippen LogP contribution >= 0.6 is 22.7 Å². The number of ether oxygens (including phenoxy) is 2. The van der Waals surface area contributed by atoms with Crippen molar-refractivity contribution in [3.63, 3.8) is 0 Å². The van der Waals surface area contributed by atoms with E-state index >= 15 is 0 Å². The number of hydrogen-bond acceptors (Lipinski definition) is 6. The summed E-state index contributed by atoms with van der Waals surface area (Å²) in [7, 11) is 3.87. The lowest BCUT2D eigenvalue weighted by atomic mass is 10.3. The number of carbonyl (C=O) groups excluding carboxylic acids is 2. The highest BCUT2D eigenvalue weighted by Crippen LogP contribution is 2.15. The molecule has 0 N–H and O–H groups in total. The maximum Gasteiger partial charge on any atom is 0.383 e. The molecule has 0 atom stereocenters. The number of hydrogen-bond donors (Lipinski definition) is 0. The number of carbonyl (C=O) groups is 2. The summed E-state index contributed by atoms with van der Waals surface area (Å²) in [5.74, 6) is -0.677. The van der Waals surface area contributed by atoms with Crippen LogP contribution < -0.4 is 32.8 Å². The van der Waals surface area contributed by atoms with Gasteiger partial charge < -0.3 is 33.5 Å². The highest BCUT2D eigenvalue weighted by Gasteiger charge is 2.29. The Morgan fingerprint density at radius 1 is 0.839 bits per heavy atom. The fourth-order valence-electron chi connectivity index (χ4n) is 3.48. The third kappa shape index (κ3) is 4.22. The average Bonchev–Trinajstić information content (AvgIpc) is 3.46. The minimum absolute atomic E-state index is 0. The molecule has 31 heavy (non-hydrogen) atoms. The van der Waals surface area contributed by atoms with Gasteiger partial charge in [-0.25, -0.2) is 18.7 Å². The van der Waals surface area contributed by atoms with Crippen molar-refractivity contribution < 1.29 is 51.8 Å². The summed E-state index contributed by atoms with van der Waals surface area (Å²) < 4.78 is 18.6. The normalized spacial score (nSPS) is 11.1. The molecule has 4 heterocycles. The number of aromatic nitrogens is 4. The molecule has 0 saturated heterocycles. The van der Waals surface area contributed by atoms with Gasteiger partial charge in [0.25, 0.3) is 11.4 Å². The maximum absolute atomic E-state index is 12.5. The van der Waals surface area contributed by atoms with Gasteiger partial charge in [-0.2, -0.15) is 8.80 Å². The first-order chi connectivity index (χ1) is 14.4. The van der Waals surface area contributed by atoms with Crippen LogP contribution in [0.15, 0.2) is 23.2 Å².